The Balaban J connectivity index is 2.31. The highest BCUT2D eigenvalue weighted by molar-refractivity contribution is 6.00. The number of fused-ring (bicyclic) bond motifs is 1. The van der Waals surface area contributed by atoms with Crippen LogP contribution in [0.3, 0.4) is 0 Å². The minimum Gasteiger partial charge on any atom is -0.480 e. The molecule has 1 aromatic carbocycles. The number of carbonyl (C=O) groups is 2. The summed E-state index contributed by atoms with van der Waals surface area (Å²) in [6.07, 6.45) is 2.35. The number of benzene rings is 1. The average Bonchev–Trinajstić information content (AvgIpc) is 2.51. The molecule has 0 atom stereocenters. The van der Waals surface area contributed by atoms with Crippen LogP contribution in [0, 0.1) is 0 Å². The van der Waals surface area contributed by atoms with Crippen LogP contribution in [0.1, 0.15) is 37.0 Å². The van der Waals surface area contributed by atoms with Gasteiger partial charge in [-0.3, -0.25) is 9.78 Å². The molecule has 1 heterocycles. The number of carboxylic acids is 1. The van der Waals surface area contributed by atoms with Gasteiger partial charge in [-0.2, -0.15) is 0 Å². The highest BCUT2D eigenvalue weighted by Gasteiger charge is 2.36. The molecule has 0 bridgehead atoms. The van der Waals surface area contributed by atoms with Crippen LogP contribution in [0.15, 0.2) is 36.5 Å². The fourth-order valence-corrected chi connectivity index (χ4v) is 2.29. The number of nitrogens with one attached hydrogen (secondary N) is 1. The topological polar surface area (TPSA) is 79.3 Å². The fourth-order valence-electron chi connectivity index (χ4n) is 2.29. The largest absolute Gasteiger partial charge is 0.480 e. The lowest BCUT2D eigenvalue weighted by Gasteiger charge is -2.28. The van der Waals surface area contributed by atoms with E-state index in [1.165, 1.54) is 0 Å². The smallest absolute Gasteiger partial charge is 0.329 e. The number of rotatable bonds is 5. The summed E-state index contributed by atoms with van der Waals surface area (Å²) in [5.41, 5.74) is 0.00797. The lowest BCUT2D eigenvalue weighted by Crippen LogP contribution is -2.53. The van der Waals surface area contributed by atoms with Crippen molar-refractivity contribution < 1.29 is 14.7 Å². The molecule has 2 aromatic rings. The number of nitrogens with zero attached hydrogens (tertiary/aromatic N) is 1. The zero-order chi connectivity index (χ0) is 15.5. The molecule has 2 rings (SSSR count). The molecular weight excluding hydrogens is 268 g/mol. The molecule has 21 heavy (non-hydrogen) atoms. The SMILES string of the molecule is CCC(CC)(NC(=O)c1ccc2ncccc2c1)C(=O)O. The molecule has 0 saturated carbocycles. The van der Waals surface area contributed by atoms with Crippen molar-refractivity contribution in [1.29, 1.82) is 0 Å². The van der Waals surface area contributed by atoms with E-state index in [1.54, 1.807) is 44.3 Å². The molecule has 0 aliphatic rings. The first-order valence-corrected chi connectivity index (χ1v) is 6.93. The molecule has 1 aromatic heterocycles. The summed E-state index contributed by atoms with van der Waals surface area (Å²) >= 11 is 0. The lowest BCUT2D eigenvalue weighted by molar-refractivity contribution is -0.144. The molecule has 0 spiro atoms. The molecule has 0 unspecified atom stereocenters. The molecule has 110 valence electrons. The number of hydrogen-bond donors (Lipinski definition) is 2. The van der Waals surface area contributed by atoms with Crippen molar-refractivity contribution in [2.24, 2.45) is 0 Å². The molecule has 0 aliphatic carbocycles. The molecular formula is C16H18N2O3. The minimum atomic E-state index is -1.22. The Morgan fingerprint density at radius 2 is 1.95 bits per heavy atom. The highest BCUT2D eigenvalue weighted by Crippen LogP contribution is 2.18. The Hall–Kier alpha value is -2.43. The van der Waals surface area contributed by atoms with Gasteiger partial charge >= 0.3 is 5.97 Å². The van der Waals surface area contributed by atoms with Crippen molar-refractivity contribution in [2.45, 2.75) is 32.2 Å². The van der Waals surface area contributed by atoms with Gasteiger partial charge in [0, 0.05) is 17.1 Å². The van der Waals surface area contributed by atoms with Crippen LogP contribution in [0.5, 0.6) is 0 Å². The summed E-state index contributed by atoms with van der Waals surface area (Å²) in [6.45, 7) is 3.50. The fraction of sp³-hybridized carbons (Fsp3) is 0.312. The van der Waals surface area contributed by atoms with Gasteiger partial charge in [0.25, 0.3) is 5.91 Å². The molecule has 2 N–H and O–H groups in total. The van der Waals surface area contributed by atoms with Crippen molar-refractivity contribution in [3.63, 3.8) is 0 Å². The van der Waals surface area contributed by atoms with Crippen LogP contribution in [0.4, 0.5) is 0 Å². The zero-order valence-electron chi connectivity index (χ0n) is 12.1. The second-order valence-electron chi connectivity index (χ2n) is 4.96. The summed E-state index contributed by atoms with van der Waals surface area (Å²) < 4.78 is 0. The first kappa shape index (κ1) is 15.0. The van der Waals surface area contributed by atoms with E-state index < -0.39 is 11.5 Å². The molecule has 0 fully saturated rings. The number of amides is 1. The third-order valence-electron chi connectivity index (χ3n) is 3.83. The van der Waals surface area contributed by atoms with Gasteiger partial charge in [-0.15, -0.1) is 0 Å². The predicted molar refractivity (Wildman–Crippen MR) is 80.2 cm³/mol. The van der Waals surface area contributed by atoms with Crippen molar-refractivity contribution >= 4 is 22.8 Å². The lowest BCUT2D eigenvalue weighted by atomic mass is 9.92. The maximum atomic E-state index is 12.3. The van der Waals surface area contributed by atoms with Crippen LogP contribution in [-0.4, -0.2) is 27.5 Å². The van der Waals surface area contributed by atoms with Gasteiger partial charge in [-0.05, 0) is 37.1 Å². The number of pyridine rings is 1. The van der Waals surface area contributed by atoms with Crippen LogP contribution < -0.4 is 5.32 Å². The average molecular weight is 286 g/mol. The Morgan fingerprint density at radius 1 is 1.24 bits per heavy atom. The van der Waals surface area contributed by atoms with E-state index in [9.17, 15) is 14.7 Å². The number of aromatic nitrogens is 1. The van der Waals surface area contributed by atoms with Crippen molar-refractivity contribution in [3.05, 3.63) is 42.1 Å². The minimum absolute atomic E-state index is 0.333. The second-order valence-corrected chi connectivity index (χ2v) is 4.96. The second kappa shape index (κ2) is 5.91. The maximum absolute atomic E-state index is 12.3. The number of carbonyl (C=O) groups excluding carboxylic acids is 1. The van der Waals surface area contributed by atoms with Crippen molar-refractivity contribution in [3.8, 4) is 0 Å². The van der Waals surface area contributed by atoms with Gasteiger partial charge in [0.1, 0.15) is 5.54 Å². The molecule has 0 saturated heterocycles. The van der Waals surface area contributed by atoms with E-state index in [0.717, 1.165) is 10.9 Å². The van der Waals surface area contributed by atoms with Gasteiger partial charge in [-0.25, -0.2) is 4.79 Å². The van der Waals surface area contributed by atoms with E-state index in [0.29, 0.717) is 18.4 Å². The normalized spacial score (nSPS) is 11.3. The van der Waals surface area contributed by atoms with Gasteiger partial charge in [-0.1, -0.05) is 19.9 Å². The van der Waals surface area contributed by atoms with Gasteiger partial charge in [0.15, 0.2) is 0 Å². The summed E-state index contributed by atoms with van der Waals surface area (Å²) in [5.74, 6) is -1.39. The molecule has 1 amide bonds. The quantitative estimate of drug-likeness (QED) is 0.885. The van der Waals surface area contributed by atoms with E-state index in [1.807, 2.05) is 6.07 Å². The zero-order valence-corrected chi connectivity index (χ0v) is 12.1. The van der Waals surface area contributed by atoms with E-state index in [2.05, 4.69) is 10.3 Å². The number of aliphatic carboxylic acids is 1. The summed E-state index contributed by atoms with van der Waals surface area (Å²) in [7, 11) is 0. The third kappa shape index (κ3) is 2.86. The van der Waals surface area contributed by atoms with Crippen LogP contribution in [0.25, 0.3) is 10.9 Å². The molecule has 5 nitrogen and oxygen atoms in total. The van der Waals surface area contributed by atoms with E-state index >= 15 is 0 Å². The van der Waals surface area contributed by atoms with Gasteiger partial charge < -0.3 is 10.4 Å². The van der Waals surface area contributed by atoms with E-state index in [-0.39, 0.29) is 5.91 Å². The Labute approximate surface area is 123 Å². The summed E-state index contributed by atoms with van der Waals surface area (Å²) in [5, 5.41) is 12.9. The predicted octanol–water partition coefficient (Wildman–Crippen LogP) is 2.61. The number of carboxylic acid groups (broad SMARTS) is 1. The van der Waals surface area contributed by atoms with Crippen LogP contribution in [0.2, 0.25) is 0 Å². The maximum Gasteiger partial charge on any atom is 0.329 e. The molecule has 0 radical (unpaired) electrons. The first-order chi connectivity index (χ1) is 10.0. The van der Waals surface area contributed by atoms with Crippen molar-refractivity contribution in [2.75, 3.05) is 0 Å². The first-order valence-electron chi connectivity index (χ1n) is 6.93. The van der Waals surface area contributed by atoms with Gasteiger partial charge in [0.05, 0.1) is 5.52 Å². The number of hydrogen-bond acceptors (Lipinski definition) is 3. The van der Waals surface area contributed by atoms with Crippen molar-refractivity contribution in [1.82, 2.24) is 10.3 Å². The van der Waals surface area contributed by atoms with Gasteiger partial charge in [0.2, 0.25) is 0 Å². The Kier molecular flexibility index (Phi) is 4.21. The molecule has 0 aliphatic heterocycles. The standard InChI is InChI=1S/C16H18N2O3/c1-3-16(4-2,15(20)21)18-14(19)12-7-8-13-11(10-12)6-5-9-17-13/h5-10H,3-4H2,1-2H3,(H,18,19)(H,20,21). The van der Waals surface area contributed by atoms with Crippen LogP contribution in [-0.2, 0) is 4.79 Å². The Morgan fingerprint density at radius 3 is 2.57 bits per heavy atom. The highest BCUT2D eigenvalue weighted by atomic mass is 16.4. The summed E-state index contributed by atoms with van der Waals surface area (Å²) in [6, 6.07) is 8.79. The summed E-state index contributed by atoms with van der Waals surface area (Å²) in [4.78, 5) is 28.0. The van der Waals surface area contributed by atoms with E-state index in [4.69, 9.17) is 0 Å². The third-order valence-corrected chi connectivity index (χ3v) is 3.83. The van der Waals surface area contributed by atoms with Crippen LogP contribution >= 0.6 is 0 Å². The molecule has 5 heteroatoms. The monoisotopic (exact) mass is 286 g/mol. The Bertz CT molecular complexity index is 678.